The van der Waals surface area contributed by atoms with E-state index in [1.54, 1.807) is 11.8 Å². The second-order valence-electron chi connectivity index (χ2n) is 8.71. The highest BCUT2D eigenvalue weighted by molar-refractivity contribution is 7.98. The molecule has 0 bridgehead atoms. The number of carboxylic acid groups (broad SMARTS) is 1. The maximum absolute atomic E-state index is 10.6. The Morgan fingerprint density at radius 3 is 1.97 bits per heavy atom. The van der Waals surface area contributed by atoms with Gasteiger partial charge in [-0.3, -0.25) is 4.90 Å². The maximum Gasteiger partial charge on any atom is 0.490 e. The lowest BCUT2D eigenvalue weighted by atomic mass is 9.97. The fourth-order valence-corrected chi connectivity index (χ4v) is 4.43. The lowest BCUT2D eigenvalue weighted by molar-refractivity contribution is -0.192. The van der Waals surface area contributed by atoms with Gasteiger partial charge in [-0.15, -0.1) is 11.8 Å². The second-order valence-corrected chi connectivity index (χ2v) is 10.0. The van der Waals surface area contributed by atoms with Crippen molar-refractivity contribution in [2.75, 3.05) is 26.0 Å². The number of ether oxygens (including phenoxy) is 1. The van der Waals surface area contributed by atoms with Crippen LogP contribution in [0.1, 0.15) is 18.4 Å². The molecular weight excluding hydrogens is 523 g/mol. The van der Waals surface area contributed by atoms with Crippen LogP contribution in [0.2, 0.25) is 5.02 Å². The number of likely N-dealkylation sites (tertiary alicyclic amines) is 1. The van der Waals surface area contributed by atoms with Gasteiger partial charge in [0.25, 0.3) is 0 Å². The molecule has 1 aliphatic heterocycles. The van der Waals surface area contributed by atoms with E-state index in [2.05, 4.69) is 71.8 Å². The Labute approximate surface area is 224 Å². The number of piperidine rings is 1. The SMILES string of the molecule is CSc1ccc(-c2ccc(OCC3CCN(Cc4ccc(Cl)cc4)CC3)cc2)cc1.O=C(O)C(F)(F)F. The third-order valence-corrected chi connectivity index (χ3v) is 7.03. The summed E-state index contributed by atoms with van der Waals surface area (Å²) < 4.78 is 37.8. The Morgan fingerprint density at radius 2 is 1.49 bits per heavy atom. The summed E-state index contributed by atoms with van der Waals surface area (Å²) in [5.74, 6) is -1.17. The van der Waals surface area contributed by atoms with E-state index < -0.39 is 12.1 Å². The van der Waals surface area contributed by atoms with Gasteiger partial charge in [0, 0.05) is 16.5 Å². The van der Waals surface area contributed by atoms with Crippen LogP contribution in [0.15, 0.2) is 77.7 Å². The average molecular weight is 552 g/mol. The molecule has 198 valence electrons. The van der Waals surface area contributed by atoms with Gasteiger partial charge in [-0.05, 0) is 91.2 Å². The minimum Gasteiger partial charge on any atom is -0.493 e. The summed E-state index contributed by atoms with van der Waals surface area (Å²) in [5, 5.41) is 7.93. The van der Waals surface area contributed by atoms with Crippen molar-refractivity contribution in [1.82, 2.24) is 4.90 Å². The van der Waals surface area contributed by atoms with Crippen LogP contribution < -0.4 is 4.74 Å². The molecule has 0 radical (unpaired) electrons. The molecule has 3 aromatic rings. The number of aliphatic carboxylic acids is 1. The topological polar surface area (TPSA) is 49.8 Å². The molecule has 1 N–H and O–H groups in total. The summed E-state index contributed by atoms with van der Waals surface area (Å²) in [4.78, 5) is 12.7. The van der Waals surface area contributed by atoms with Crippen molar-refractivity contribution in [1.29, 1.82) is 0 Å². The van der Waals surface area contributed by atoms with Crippen LogP contribution >= 0.6 is 23.4 Å². The van der Waals surface area contributed by atoms with Crippen LogP contribution in [0.3, 0.4) is 0 Å². The summed E-state index contributed by atoms with van der Waals surface area (Å²) in [6.07, 6.45) is -0.606. The summed E-state index contributed by atoms with van der Waals surface area (Å²) >= 11 is 7.75. The van der Waals surface area contributed by atoms with E-state index in [0.717, 1.165) is 37.0 Å². The first kappa shape index (κ1) is 28.9. The highest BCUT2D eigenvalue weighted by atomic mass is 35.5. The van der Waals surface area contributed by atoms with Crippen molar-refractivity contribution in [3.05, 3.63) is 83.4 Å². The Morgan fingerprint density at radius 1 is 0.973 bits per heavy atom. The average Bonchev–Trinajstić information content (AvgIpc) is 2.90. The highest BCUT2D eigenvalue weighted by Gasteiger charge is 2.38. The fourth-order valence-electron chi connectivity index (χ4n) is 3.90. The van der Waals surface area contributed by atoms with Crippen LogP contribution in [0.5, 0.6) is 5.75 Å². The lowest BCUT2D eigenvalue weighted by Gasteiger charge is -2.31. The van der Waals surface area contributed by atoms with Gasteiger partial charge >= 0.3 is 12.1 Å². The molecule has 9 heteroatoms. The fraction of sp³-hybridized carbons (Fsp3) is 0.321. The largest absolute Gasteiger partial charge is 0.493 e. The van der Waals surface area contributed by atoms with Crippen LogP contribution in [0, 0.1) is 5.92 Å². The summed E-state index contributed by atoms with van der Waals surface area (Å²) in [6, 6.07) is 25.4. The van der Waals surface area contributed by atoms with Gasteiger partial charge in [0.05, 0.1) is 6.61 Å². The molecule has 1 heterocycles. The normalized spacial score (nSPS) is 14.5. The molecule has 1 aliphatic rings. The molecule has 1 saturated heterocycles. The predicted molar refractivity (Wildman–Crippen MR) is 142 cm³/mol. The molecule has 0 aromatic heterocycles. The minimum absolute atomic E-state index is 0.630. The first-order valence-electron chi connectivity index (χ1n) is 11.8. The molecular formula is C28H29ClF3NO3S. The van der Waals surface area contributed by atoms with E-state index >= 15 is 0 Å². The number of alkyl halides is 3. The lowest BCUT2D eigenvalue weighted by Crippen LogP contribution is -2.35. The smallest absolute Gasteiger partial charge is 0.490 e. The molecule has 0 amide bonds. The molecule has 4 rings (SSSR count). The van der Waals surface area contributed by atoms with E-state index in [9.17, 15) is 13.2 Å². The monoisotopic (exact) mass is 551 g/mol. The third-order valence-electron chi connectivity index (χ3n) is 6.03. The molecule has 0 spiro atoms. The van der Waals surface area contributed by atoms with Crippen molar-refractivity contribution < 1.29 is 27.8 Å². The van der Waals surface area contributed by atoms with E-state index in [1.807, 2.05) is 12.1 Å². The minimum atomic E-state index is -5.08. The van der Waals surface area contributed by atoms with Gasteiger partial charge in [0.2, 0.25) is 0 Å². The zero-order chi connectivity index (χ0) is 26.8. The first-order valence-corrected chi connectivity index (χ1v) is 13.4. The van der Waals surface area contributed by atoms with Gasteiger partial charge in [0.1, 0.15) is 5.75 Å². The Hall–Kier alpha value is -2.68. The molecule has 3 aromatic carbocycles. The van der Waals surface area contributed by atoms with Crippen LogP contribution in [0.4, 0.5) is 13.2 Å². The highest BCUT2D eigenvalue weighted by Crippen LogP contribution is 2.26. The van der Waals surface area contributed by atoms with Crippen molar-refractivity contribution in [2.45, 2.75) is 30.5 Å². The molecule has 0 atom stereocenters. The van der Waals surface area contributed by atoms with Gasteiger partial charge in [-0.1, -0.05) is 48.0 Å². The van der Waals surface area contributed by atoms with Crippen LogP contribution in [-0.4, -0.2) is 48.1 Å². The number of benzene rings is 3. The van der Waals surface area contributed by atoms with Crippen molar-refractivity contribution in [3.63, 3.8) is 0 Å². The summed E-state index contributed by atoms with van der Waals surface area (Å²) in [7, 11) is 0. The second kappa shape index (κ2) is 13.7. The number of nitrogens with zero attached hydrogens (tertiary/aromatic N) is 1. The van der Waals surface area contributed by atoms with Gasteiger partial charge < -0.3 is 9.84 Å². The zero-order valence-corrected chi connectivity index (χ0v) is 22.0. The number of halogens is 4. The molecule has 1 fully saturated rings. The molecule has 37 heavy (non-hydrogen) atoms. The standard InChI is InChI=1S/C26H28ClNOS.C2HF3O2/c1-30-26-12-6-23(7-13-26)22-4-10-25(11-5-22)29-19-21-14-16-28(17-15-21)18-20-2-8-24(27)9-3-20;3-2(4,5)1(6)7/h2-13,21H,14-19H2,1H3;(H,6,7). The zero-order valence-electron chi connectivity index (χ0n) is 20.4. The van der Waals surface area contributed by atoms with E-state index in [0.29, 0.717) is 5.92 Å². The Kier molecular flexibility index (Phi) is 10.7. The van der Waals surface area contributed by atoms with Crippen molar-refractivity contribution in [3.8, 4) is 16.9 Å². The number of carboxylic acids is 1. The number of rotatable bonds is 7. The molecule has 0 saturated carbocycles. The molecule has 4 nitrogen and oxygen atoms in total. The van der Waals surface area contributed by atoms with E-state index in [1.165, 1.54) is 34.4 Å². The number of thioether (sulfide) groups is 1. The Bertz CT molecular complexity index is 1120. The predicted octanol–water partition coefficient (Wildman–Crippen LogP) is 7.65. The van der Waals surface area contributed by atoms with Crippen molar-refractivity contribution in [2.24, 2.45) is 5.92 Å². The maximum atomic E-state index is 10.6. The number of hydrogen-bond acceptors (Lipinski definition) is 4. The number of hydrogen-bond donors (Lipinski definition) is 1. The van der Waals surface area contributed by atoms with Gasteiger partial charge in [-0.2, -0.15) is 13.2 Å². The van der Waals surface area contributed by atoms with E-state index in [-0.39, 0.29) is 0 Å². The van der Waals surface area contributed by atoms with Gasteiger partial charge in [-0.25, -0.2) is 4.79 Å². The number of carbonyl (C=O) groups is 1. The molecule has 0 aliphatic carbocycles. The first-order chi connectivity index (χ1) is 17.6. The Balaban J connectivity index is 0.000000479. The third kappa shape index (κ3) is 9.61. The van der Waals surface area contributed by atoms with E-state index in [4.69, 9.17) is 26.2 Å². The van der Waals surface area contributed by atoms with Crippen LogP contribution in [0.25, 0.3) is 11.1 Å². The van der Waals surface area contributed by atoms with Gasteiger partial charge in [0.15, 0.2) is 0 Å². The van der Waals surface area contributed by atoms with Crippen molar-refractivity contribution >= 4 is 29.3 Å². The quantitative estimate of drug-likeness (QED) is 0.306. The summed E-state index contributed by atoms with van der Waals surface area (Å²) in [6.45, 7) is 4.06. The molecule has 0 unspecified atom stereocenters. The van der Waals surface area contributed by atoms with Crippen LogP contribution in [-0.2, 0) is 11.3 Å². The summed E-state index contributed by atoms with van der Waals surface area (Å²) in [5.41, 5.74) is 3.80.